The number of anilines is 1. The largest absolute Gasteiger partial charge is 0.476 e. The molecule has 0 saturated carbocycles. The van der Waals surface area contributed by atoms with Gasteiger partial charge in [-0.05, 0) is 30.9 Å². The molecular weight excluding hydrogens is 286 g/mol. The van der Waals surface area contributed by atoms with Crippen LogP contribution in [0.2, 0.25) is 0 Å². The number of nitrogens with zero attached hydrogens (tertiary/aromatic N) is 5. The van der Waals surface area contributed by atoms with E-state index in [0.29, 0.717) is 24.0 Å². The zero-order valence-corrected chi connectivity index (χ0v) is 12.3. The molecule has 0 unspecified atom stereocenters. The number of nitriles is 1. The van der Waals surface area contributed by atoms with E-state index in [1.165, 1.54) is 0 Å². The third kappa shape index (κ3) is 3.28. The third-order valence-electron chi connectivity index (χ3n) is 3.58. The lowest BCUT2D eigenvalue weighted by atomic mass is 9.98. The van der Waals surface area contributed by atoms with Crippen molar-refractivity contribution in [3.05, 3.63) is 29.4 Å². The van der Waals surface area contributed by atoms with Gasteiger partial charge in [-0.25, -0.2) is 4.98 Å². The molecule has 7 heteroatoms. The highest BCUT2D eigenvalue weighted by molar-refractivity contribution is 7.13. The van der Waals surface area contributed by atoms with Crippen molar-refractivity contribution in [1.82, 2.24) is 15.2 Å². The monoisotopic (exact) mass is 301 g/mol. The van der Waals surface area contributed by atoms with Crippen molar-refractivity contribution < 1.29 is 4.74 Å². The minimum Gasteiger partial charge on any atom is -0.476 e. The summed E-state index contributed by atoms with van der Waals surface area (Å²) >= 11 is 1.57. The molecule has 1 fully saturated rings. The second kappa shape index (κ2) is 6.50. The van der Waals surface area contributed by atoms with Crippen molar-refractivity contribution in [3.8, 4) is 11.9 Å². The van der Waals surface area contributed by atoms with Gasteiger partial charge in [0.1, 0.15) is 17.1 Å². The Bertz CT molecular complexity index is 617. The van der Waals surface area contributed by atoms with Gasteiger partial charge in [-0.2, -0.15) is 5.26 Å². The summed E-state index contributed by atoms with van der Waals surface area (Å²) in [5, 5.41) is 18.0. The average Bonchev–Trinajstić information content (AvgIpc) is 3.08. The molecule has 1 aliphatic heterocycles. The number of aromatic nitrogens is 3. The second-order valence-electron chi connectivity index (χ2n) is 4.93. The quantitative estimate of drug-likeness (QED) is 0.861. The van der Waals surface area contributed by atoms with E-state index in [1.807, 2.05) is 0 Å². The van der Waals surface area contributed by atoms with E-state index in [0.717, 1.165) is 31.1 Å². The molecule has 3 rings (SSSR count). The molecule has 2 aromatic heterocycles. The molecule has 21 heavy (non-hydrogen) atoms. The zero-order chi connectivity index (χ0) is 14.5. The predicted octanol–water partition coefficient (Wildman–Crippen LogP) is 2.10. The van der Waals surface area contributed by atoms with Crippen LogP contribution < -0.4 is 9.64 Å². The fourth-order valence-corrected chi connectivity index (χ4v) is 3.00. The molecule has 1 saturated heterocycles. The second-order valence-corrected chi connectivity index (χ2v) is 5.74. The van der Waals surface area contributed by atoms with E-state index in [4.69, 9.17) is 10.00 Å². The van der Waals surface area contributed by atoms with Crippen LogP contribution in [0.1, 0.15) is 18.4 Å². The maximum Gasteiger partial charge on any atom is 0.231 e. The average molecular weight is 301 g/mol. The topological polar surface area (TPSA) is 74.9 Å². The maximum absolute atomic E-state index is 9.01. The molecule has 0 amide bonds. The van der Waals surface area contributed by atoms with Crippen molar-refractivity contribution in [2.24, 2.45) is 5.92 Å². The van der Waals surface area contributed by atoms with Gasteiger partial charge in [0.2, 0.25) is 11.0 Å². The lowest BCUT2D eigenvalue weighted by molar-refractivity contribution is 0.215. The van der Waals surface area contributed by atoms with Gasteiger partial charge in [-0.3, -0.25) is 0 Å². The van der Waals surface area contributed by atoms with E-state index < -0.39 is 0 Å². The summed E-state index contributed by atoms with van der Waals surface area (Å²) in [4.78, 5) is 6.38. The molecule has 0 N–H and O–H groups in total. The third-order valence-corrected chi connectivity index (χ3v) is 4.33. The van der Waals surface area contributed by atoms with Gasteiger partial charge in [-0.15, -0.1) is 10.2 Å². The van der Waals surface area contributed by atoms with Crippen LogP contribution in [0.5, 0.6) is 5.88 Å². The fraction of sp³-hybridized carbons (Fsp3) is 0.429. The highest BCUT2D eigenvalue weighted by Crippen LogP contribution is 2.25. The first-order valence-corrected chi connectivity index (χ1v) is 7.74. The minimum absolute atomic E-state index is 0.437. The van der Waals surface area contributed by atoms with Crippen LogP contribution in [0.3, 0.4) is 0 Å². The molecule has 0 bridgehead atoms. The van der Waals surface area contributed by atoms with E-state index in [1.54, 1.807) is 35.2 Å². The number of piperidine rings is 1. The van der Waals surface area contributed by atoms with E-state index in [2.05, 4.69) is 26.2 Å². The Hall–Kier alpha value is -2.20. The Morgan fingerprint density at radius 3 is 3.00 bits per heavy atom. The lowest BCUT2D eigenvalue weighted by Crippen LogP contribution is -2.35. The number of hydrogen-bond donors (Lipinski definition) is 0. The first-order chi connectivity index (χ1) is 10.4. The molecule has 0 aliphatic carbocycles. The van der Waals surface area contributed by atoms with Crippen LogP contribution >= 0.6 is 11.3 Å². The van der Waals surface area contributed by atoms with E-state index in [-0.39, 0.29) is 0 Å². The van der Waals surface area contributed by atoms with E-state index in [9.17, 15) is 0 Å². The number of ether oxygens (including phenoxy) is 1. The predicted molar refractivity (Wildman–Crippen MR) is 79.3 cm³/mol. The van der Waals surface area contributed by atoms with Gasteiger partial charge in [-0.1, -0.05) is 11.3 Å². The summed E-state index contributed by atoms with van der Waals surface area (Å²) in [6, 6.07) is 5.56. The standard InChI is InChI=1S/C14H15N5OS/c15-8-12-2-1-5-16-13(12)20-9-11-3-6-19(7-4-11)14-18-17-10-21-14/h1-2,5,10-11H,3-4,6-7,9H2. The normalized spacial score (nSPS) is 15.7. The van der Waals surface area contributed by atoms with Gasteiger partial charge in [0, 0.05) is 19.3 Å². The number of hydrogen-bond acceptors (Lipinski definition) is 7. The van der Waals surface area contributed by atoms with Crippen molar-refractivity contribution in [2.45, 2.75) is 12.8 Å². The molecule has 2 aromatic rings. The Kier molecular flexibility index (Phi) is 4.26. The van der Waals surface area contributed by atoms with Crippen LogP contribution in [0.25, 0.3) is 0 Å². The first-order valence-electron chi connectivity index (χ1n) is 6.86. The molecule has 3 heterocycles. The molecule has 1 aliphatic rings. The Morgan fingerprint density at radius 2 is 2.29 bits per heavy atom. The summed E-state index contributed by atoms with van der Waals surface area (Å²) in [5.41, 5.74) is 2.25. The summed E-state index contributed by atoms with van der Waals surface area (Å²) < 4.78 is 5.72. The number of rotatable bonds is 4. The highest BCUT2D eigenvalue weighted by Gasteiger charge is 2.22. The van der Waals surface area contributed by atoms with Gasteiger partial charge >= 0.3 is 0 Å². The van der Waals surface area contributed by atoms with Gasteiger partial charge in [0.05, 0.1) is 6.61 Å². The van der Waals surface area contributed by atoms with E-state index >= 15 is 0 Å². The smallest absolute Gasteiger partial charge is 0.231 e. The SMILES string of the molecule is N#Cc1cccnc1OCC1CCN(c2nncs2)CC1. The fourth-order valence-electron chi connectivity index (χ4n) is 2.38. The van der Waals surface area contributed by atoms with Gasteiger partial charge in [0.15, 0.2) is 0 Å². The van der Waals surface area contributed by atoms with Crippen LogP contribution in [0.4, 0.5) is 5.13 Å². The van der Waals surface area contributed by atoms with Crippen LogP contribution in [-0.4, -0.2) is 34.9 Å². The van der Waals surface area contributed by atoms with Crippen molar-refractivity contribution in [2.75, 3.05) is 24.6 Å². The van der Waals surface area contributed by atoms with Crippen molar-refractivity contribution >= 4 is 16.5 Å². The van der Waals surface area contributed by atoms with Gasteiger partial charge in [0.25, 0.3) is 0 Å². The Morgan fingerprint density at radius 1 is 1.43 bits per heavy atom. The zero-order valence-electron chi connectivity index (χ0n) is 11.5. The Balaban J connectivity index is 1.51. The molecule has 108 valence electrons. The van der Waals surface area contributed by atoms with Gasteiger partial charge < -0.3 is 9.64 Å². The summed E-state index contributed by atoms with van der Waals surface area (Å²) in [5.74, 6) is 0.925. The highest BCUT2D eigenvalue weighted by atomic mass is 32.1. The Labute approximate surface area is 127 Å². The molecule has 0 aromatic carbocycles. The number of pyridine rings is 1. The maximum atomic E-state index is 9.01. The minimum atomic E-state index is 0.437. The summed E-state index contributed by atoms with van der Waals surface area (Å²) in [7, 11) is 0. The molecule has 6 nitrogen and oxygen atoms in total. The van der Waals surface area contributed by atoms with Crippen molar-refractivity contribution in [1.29, 1.82) is 5.26 Å². The molecule has 0 radical (unpaired) electrons. The summed E-state index contributed by atoms with van der Waals surface area (Å²) in [6.45, 7) is 2.54. The van der Waals surface area contributed by atoms with Crippen LogP contribution in [0, 0.1) is 17.2 Å². The lowest BCUT2D eigenvalue weighted by Gasteiger charge is -2.31. The van der Waals surface area contributed by atoms with Crippen LogP contribution in [-0.2, 0) is 0 Å². The molecular formula is C14H15N5OS. The van der Waals surface area contributed by atoms with Crippen molar-refractivity contribution in [3.63, 3.8) is 0 Å². The first kappa shape index (κ1) is 13.8. The van der Waals surface area contributed by atoms with Crippen LogP contribution in [0.15, 0.2) is 23.8 Å². The summed E-state index contributed by atoms with van der Waals surface area (Å²) in [6.07, 6.45) is 3.75. The molecule has 0 spiro atoms. The molecule has 0 atom stereocenters.